The Morgan fingerprint density at radius 3 is 1.43 bits per heavy atom. The van der Waals surface area contributed by atoms with E-state index < -0.39 is 58.2 Å². The number of benzene rings is 2. The van der Waals surface area contributed by atoms with Gasteiger partial charge in [-0.15, -0.1) is 0 Å². The van der Waals surface area contributed by atoms with Crippen molar-refractivity contribution >= 4 is 23.8 Å². The number of hydrogen-bond acceptors (Lipinski definition) is 7. The minimum Gasteiger partial charge on any atom is -0.478 e. The lowest BCUT2D eigenvalue weighted by molar-refractivity contribution is 0.0183. The highest BCUT2D eigenvalue weighted by Crippen LogP contribution is 2.38. The summed E-state index contributed by atoms with van der Waals surface area (Å²) in [5.74, 6) is -11.4. The van der Waals surface area contributed by atoms with Crippen LogP contribution in [0, 0.1) is 0 Å². The molecule has 0 radical (unpaired) electrons. The van der Waals surface area contributed by atoms with Gasteiger partial charge in [0.2, 0.25) is 0 Å². The van der Waals surface area contributed by atoms with E-state index in [1.807, 2.05) is 13.8 Å². The monoisotopic (exact) mass is 688 g/mol. The molecule has 0 aliphatic heterocycles. The van der Waals surface area contributed by atoms with Crippen molar-refractivity contribution in [1.29, 1.82) is 0 Å². The molecule has 4 rings (SSSR count). The maximum absolute atomic E-state index is 14.7. The number of methoxy groups -OCH3 is 1. The zero-order valence-electron chi connectivity index (χ0n) is 27.5. The van der Waals surface area contributed by atoms with Gasteiger partial charge in [-0.1, -0.05) is 13.8 Å². The number of alkyl halides is 4. The van der Waals surface area contributed by atoms with Gasteiger partial charge in [0.1, 0.15) is 0 Å². The van der Waals surface area contributed by atoms with Crippen molar-refractivity contribution < 1.29 is 55.4 Å². The lowest BCUT2D eigenvalue weighted by atomic mass is 9.99. The molecule has 0 spiro atoms. The number of amides is 2. The first-order chi connectivity index (χ1) is 23.1. The molecule has 0 unspecified atom stereocenters. The second kappa shape index (κ2) is 16.1. The molecule has 0 fully saturated rings. The number of furan rings is 2. The van der Waals surface area contributed by atoms with Crippen LogP contribution in [0.4, 0.5) is 17.6 Å². The molecule has 0 saturated carbocycles. The van der Waals surface area contributed by atoms with Crippen LogP contribution in [-0.4, -0.2) is 73.0 Å². The quantitative estimate of drug-likeness (QED) is 0.121. The fourth-order valence-electron chi connectivity index (χ4n) is 4.74. The molecule has 1 N–H and O–H groups in total. The van der Waals surface area contributed by atoms with Gasteiger partial charge in [-0.2, -0.15) is 17.6 Å². The van der Waals surface area contributed by atoms with Crippen molar-refractivity contribution in [1.82, 2.24) is 9.80 Å². The summed E-state index contributed by atoms with van der Waals surface area (Å²) < 4.78 is 72.6. The number of nitrogens with zero attached hydrogens (tertiary/aromatic N) is 2. The highest BCUT2D eigenvalue weighted by molar-refractivity contribution is 5.99. The van der Waals surface area contributed by atoms with E-state index in [-0.39, 0.29) is 22.3 Å². The molecule has 10 nitrogen and oxygen atoms in total. The Balaban J connectivity index is 0.000000266. The number of aromatic carboxylic acids is 1. The minimum absolute atomic E-state index is 0.0138. The van der Waals surface area contributed by atoms with Gasteiger partial charge in [0.15, 0.2) is 11.5 Å². The lowest BCUT2D eigenvalue weighted by Gasteiger charge is -2.19. The van der Waals surface area contributed by atoms with Crippen molar-refractivity contribution in [3.05, 3.63) is 118 Å². The van der Waals surface area contributed by atoms with Crippen LogP contribution in [-0.2, 0) is 16.6 Å². The van der Waals surface area contributed by atoms with Gasteiger partial charge in [0.05, 0.1) is 30.8 Å². The molecule has 0 saturated heterocycles. The Labute approximate surface area is 279 Å². The summed E-state index contributed by atoms with van der Waals surface area (Å²) in [5.41, 5.74) is -1.75. The molecule has 4 aromatic rings. The maximum atomic E-state index is 14.7. The molecule has 49 heavy (non-hydrogen) atoms. The Morgan fingerprint density at radius 2 is 1.08 bits per heavy atom. The smallest absolute Gasteiger partial charge is 0.337 e. The summed E-state index contributed by atoms with van der Waals surface area (Å²) in [4.78, 5) is 50.7. The van der Waals surface area contributed by atoms with E-state index in [0.29, 0.717) is 25.9 Å². The number of halogens is 4. The van der Waals surface area contributed by atoms with Crippen molar-refractivity contribution in [2.45, 2.75) is 38.5 Å². The molecule has 2 heterocycles. The van der Waals surface area contributed by atoms with E-state index in [1.165, 1.54) is 35.0 Å². The van der Waals surface area contributed by atoms with Crippen molar-refractivity contribution in [3.63, 3.8) is 0 Å². The van der Waals surface area contributed by atoms with Crippen molar-refractivity contribution in [2.75, 3.05) is 34.3 Å². The van der Waals surface area contributed by atoms with Crippen molar-refractivity contribution in [3.8, 4) is 0 Å². The normalized spacial score (nSPS) is 11.3. The zero-order valence-corrected chi connectivity index (χ0v) is 27.5. The first-order valence-corrected chi connectivity index (χ1v) is 15.1. The summed E-state index contributed by atoms with van der Waals surface area (Å²) in [7, 11) is 4.25. The summed E-state index contributed by atoms with van der Waals surface area (Å²) >= 11 is 0. The van der Waals surface area contributed by atoms with Crippen LogP contribution < -0.4 is 0 Å². The number of carboxylic acid groups (broad SMARTS) is 1. The molecule has 0 atom stereocenters. The largest absolute Gasteiger partial charge is 0.478 e. The van der Waals surface area contributed by atoms with Crippen LogP contribution >= 0.6 is 0 Å². The van der Waals surface area contributed by atoms with E-state index in [2.05, 4.69) is 4.74 Å². The third-order valence-electron chi connectivity index (χ3n) is 7.23. The molecule has 2 aromatic carbocycles. The van der Waals surface area contributed by atoms with Gasteiger partial charge in [-0.25, -0.2) is 9.59 Å². The Bertz CT molecular complexity index is 1750. The highest BCUT2D eigenvalue weighted by atomic mass is 19.3. The molecule has 262 valence electrons. The second-order valence-electron chi connectivity index (χ2n) is 11.0. The molecule has 0 aliphatic rings. The fraction of sp³-hybridized carbons (Fsp3) is 0.314. The van der Waals surface area contributed by atoms with Gasteiger partial charge >= 0.3 is 23.8 Å². The van der Waals surface area contributed by atoms with E-state index in [4.69, 9.17) is 13.9 Å². The minimum atomic E-state index is -3.55. The van der Waals surface area contributed by atoms with Crippen LogP contribution in [0.5, 0.6) is 0 Å². The van der Waals surface area contributed by atoms with E-state index in [9.17, 15) is 36.7 Å². The van der Waals surface area contributed by atoms with Gasteiger partial charge < -0.3 is 28.5 Å². The zero-order chi connectivity index (χ0) is 36.5. The SMILES string of the molecule is CCCN(C)C(=O)c1cc(C(=O)O)cc(C(F)(F)c2ccco2)c1.CCCN(C)C(=O)c1cc(C(=O)OC)cc(C(F)(F)c2ccco2)c1. The number of carbonyl (C=O) groups is 4. The van der Waals surface area contributed by atoms with Crippen LogP contribution in [0.2, 0.25) is 0 Å². The van der Waals surface area contributed by atoms with Gasteiger partial charge in [0, 0.05) is 49.4 Å². The first-order valence-electron chi connectivity index (χ1n) is 15.1. The van der Waals surface area contributed by atoms with E-state index >= 15 is 0 Å². The predicted molar refractivity (Wildman–Crippen MR) is 169 cm³/mol. The van der Waals surface area contributed by atoms with E-state index in [1.54, 1.807) is 7.05 Å². The second-order valence-corrected chi connectivity index (χ2v) is 11.0. The maximum Gasteiger partial charge on any atom is 0.337 e. The van der Waals surface area contributed by atoms with Crippen LogP contribution in [0.25, 0.3) is 0 Å². The highest BCUT2D eigenvalue weighted by Gasteiger charge is 2.39. The van der Waals surface area contributed by atoms with Crippen LogP contribution in [0.3, 0.4) is 0 Å². The first kappa shape index (κ1) is 38.1. The molecule has 0 bridgehead atoms. The molecule has 0 aliphatic carbocycles. The van der Waals surface area contributed by atoms with Gasteiger partial charge in [0.25, 0.3) is 11.8 Å². The standard InChI is InChI=1S/C18H19F2NO4.C17H17F2NO4/c1-4-7-21(2)16(22)12-9-13(17(23)24-3)11-14(10-12)18(19,20)15-6-5-8-25-15;1-3-6-20(2)15(21)11-8-12(16(22)23)10-13(9-11)17(18,19)14-5-4-7-24-14/h5-6,8-11H,4,7H2,1-3H3;4-5,7-10H,3,6H2,1-2H3,(H,22,23). The Kier molecular flexibility index (Phi) is 12.5. The summed E-state index contributed by atoms with van der Waals surface area (Å²) in [6, 6.07) is 11.2. The third kappa shape index (κ3) is 8.95. The number of rotatable bonds is 12. The molecule has 14 heteroatoms. The molecule has 2 amide bonds. The van der Waals surface area contributed by atoms with E-state index in [0.717, 1.165) is 62.1 Å². The number of hydrogen-bond donors (Lipinski definition) is 1. The van der Waals surface area contributed by atoms with Crippen LogP contribution in [0.15, 0.2) is 82.0 Å². The number of carbonyl (C=O) groups excluding carboxylic acids is 3. The Morgan fingerprint density at radius 1 is 0.694 bits per heavy atom. The van der Waals surface area contributed by atoms with Crippen LogP contribution in [0.1, 0.15) is 90.8 Å². The Hall–Kier alpha value is -5.40. The average Bonchev–Trinajstić information content (AvgIpc) is 3.84. The predicted octanol–water partition coefficient (Wildman–Crippen LogP) is 7.29. The van der Waals surface area contributed by atoms with Gasteiger partial charge in [-0.3, -0.25) is 9.59 Å². The number of esters is 1. The summed E-state index contributed by atoms with van der Waals surface area (Å²) in [6.07, 6.45) is 3.64. The fourth-order valence-corrected chi connectivity index (χ4v) is 4.74. The third-order valence-corrected chi connectivity index (χ3v) is 7.23. The molecular weight excluding hydrogens is 652 g/mol. The topological polar surface area (TPSA) is 130 Å². The number of carboxylic acids is 1. The molecule has 2 aromatic heterocycles. The molecular formula is C35H36F4N2O8. The van der Waals surface area contributed by atoms with Crippen molar-refractivity contribution in [2.24, 2.45) is 0 Å². The van der Waals surface area contributed by atoms with Gasteiger partial charge in [-0.05, 0) is 73.5 Å². The summed E-state index contributed by atoms with van der Waals surface area (Å²) in [5, 5.41) is 9.16. The average molecular weight is 689 g/mol. The lowest BCUT2D eigenvalue weighted by Crippen LogP contribution is -2.28. The number of ether oxygens (including phenoxy) is 1. The summed E-state index contributed by atoms with van der Waals surface area (Å²) in [6.45, 7) is 4.66.